The summed E-state index contributed by atoms with van der Waals surface area (Å²) in [5, 5.41) is 12.9. The molecule has 0 bridgehead atoms. The van der Waals surface area contributed by atoms with Crippen LogP contribution in [0.1, 0.15) is 50.2 Å². The maximum atomic E-state index is 14.3. The lowest BCUT2D eigenvalue weighted by Crippen LogP contribution is -3.15. The first-order valence-corrected chi connectivity index (χ1v) is 11.1. The maximum Gasteiger partial charge on any atom is 0.214 e. The highest BCUT2D eigenvalue weighted by molar-refractivity contribution is 5.47. The van der Waals surface area contributed by atoms with Crippen LogP contribution in [0, 0.1) is 12.7 Å². The molecule has 1 aromatic heterocycles. The molecule has 1 aliphatic heterocycles. The zero-order chi connectivity index (χ0) is 22.0. The lowest BCUT2D eigenvalue weighted by Gasteiger charge is -2.38. The van der Waals surface area contributed by atoms with Crippen LogP contribution in [0.3, 0.4) is 0 Å². The zero-order valence-electron chi connectivity index (χ0n) is 18.8. The monoisotopic (exact) mass is 423 g/mol. The van der Waals surface area contributed by atoms with Crippen LogP contribution in [0.2, 0.25) is 0 Å². The molecule has 0 amide bonds. The van der Waals surface area contributed by atoms with Gasteiger partial charge in [0.05, 0.1) is 37.4 Å². The number of rotatable bonds is 6. The summed E-state index contributed by atoms with van der Waals surface area (Å²) in [7, 11) is 0. The highest BCUT2D eigenvalue weighted by Gasteiger charge is 2.37. The van der Waals surface area contributed by atoms with Gasteiger partial charge in [-0.2, -0.15) is 0 Å². The van der Waals surface area contributed by atoms with Gasteiger partial charge >= 0.3 is 0 Å². The number of piperazine rings is 1. The van der Waals surface area contributed by atoms with Crippen molar-refractivity contribution in [3.05, 3.63) is 71.3 Å². The lowest BCUT2D eigenvalue weighted by atomic mass is 9.98. The molecule has 7 heteroatoms. The summed E-state index contributed by atoms with van der Waals surface area (Å²) < 4.78 is 16.3. The van der Waals surface area contributed by atoms with E-state index in [1.165, 1.54) is 22.1 Å². The van der Waals surface area contributed by atoms with E-state index in [9.17, 15) is 4.39 Å². The molecule has 1 fully saturated rings. The second-order valence-electron chi connectivity index (χ2n) is 9.06. The van der Waals surface area contributed by atoms with Crippen LogP contribution in [0.5, 0.6) is 0 Å². The first-order chi connectivity index (χ1) is 14.9. The first-order valence-electron chi connectivity index (χ1n) is 11.1. The van der Waals surface area contributed by atoms with Gasteiger partial charge in [-0.05, 0) is 49.8 Å². The summed E-state index contributed by atoms with van der Waals surface area (Å²) in [6.07, 6.45) is 0.933. The number of benzene rings is 2. The minimum absolute atomic E-state index is 0.0317. The molecule has 31 heavy (non-hydrogen) atoms. The van der Waals surface area contributed by atoms with Gasteiger partial charge in [-0.25, -0.2) is 9.07 Å². The Hall–Kier alpha value is -2.80. The van der Waals surface area contributed by atoms with Crippen molar-refractivity contribution in [3.63, 3.8) is 0 Å². The molecule has 1 saturated heterocycles. The Morgan fingerprint density at radius 3 is 2.39 bits per heavy atom. The minimum Gasteiger partial charge on any atom is -0.358 e. The Morgan fingerprint density at radius 2 is 1.74 bits per heavy atom. The standard InChI is InChI=1S/C24H31FN6/c1-5-24(3,4)31-23(26-27-28-31)22(19-12-10-18(2)11-13-19)30-16-14-29(15-17-30)21-9-7-6-8-20(21)25/h6-13,22H,5,14-17H2,1-4H3/p+1/t22-/m1/s1. The van der Waals surface area contributed by atoms with Gasteiger partial charge < -0.3 is 9.80 Å². The van der Waals surface area contributed by atoms with Crippen molar-refractivity contribution in [1.29, 1.82) is 0 Å². The van der Waals surface area contributed by atoms with Crippen LogP contribution in [-0.2, 0) is 5.54 Å². The third-order valence-corrected chi connectivity index (χ3v) is 6.61. The Bertz CT molecular complexity index is 1000. The third-order valence-electron chi connectivity index (χ3n) is 6.61. The minimum atomic E-state index is -0.170. The smallest absolute Gasteiger partial charge is 0.214 e. The molecule has 4 rings (SSSR count). The normalized spacial score (nSPS) is 16.5. The number of aromatic nitrogens is 4. The number of tetrazole rings is 1. The fraction of sp³-hybridized carbons (Fsp3) is 0.458. The Kier molecular flexibility index (Phi) is 6.05. The van der Waals surface area contributed by atoms with Crippen molar-refractivity contribution in [3.8, 4) is 0 Å². The molecule has 0 spiro atoms. The molecular weight excluding hydrogens is 391 g/mol. The van der Waals surface area contributed by atoms with Gasteiger partial charge in [-0.1, -0.05) is 48.9 Å². The molecule has 0 saturated carbocycles. The second-order valence-corrected chi connectivity index (χ2v) is 9.06. The van der Waals surface area contributed by atoms with Crippen molar-refractivity contribution >= 4 is 5.69 Å². The number of anilines is 1. The Labute approximate surface area is 183 Å². The van der Waals surface area contributed by atoms with Gasteiger partial charge in [0.1, 0.15) is 5.82 Å². The van der Waals surface area contributed by atoms with Crippen LogP contribution in [-0.4, -0.2) is 46.4 Å². The summed E-state index contributed by atoms with van der Waals surface area (Å²) in [5.74, 6) is 0.736. The van der Waals surface area contributed by atoms with E-state index >= 15 is 0 Å². The summed E-state index contributed by atoms with van der Waals surface area (Å²) in [5.41, 5.74) is 2.96. The van der Waals surface area contributed by atoms with Crippen molar-refractivity contribution in [2.24, 2.45) is 0 Å². The molecule has 6 nitrogen and oxygen atoms in total. The number of quaternary nitrogens is 1. The quantitative estimate of drug-likeness (QED) is 0.663. The molecule has 0 radical (unpaired) electrons. The SMILES string of the molecule is CCC(C)(C)n1nnnc1[C@@H](c1ccc(C)cc1)[NH+]1CCN(c2ccccc2F)CC1. The van der Waals surface area contributed by atoms with Gasteiger partial charge in [0.25, 0.3) is 0 Å². The number of halogens is 1. The van der Waals surface area contributed by atoms with E-state index < -0.39 is 0 Å². The van der Waals surface area contributed by atoms with Crippen LogP contribution in [0.25, 0.3) is 0 Å². The average molecular weight is 424 g/mol. The molecule has 3 aromatic rings. The predicted molar refractivity (Wildman–Crippen MR) is 120 cm³/mol. The predicted octanol–water partition coefficient (Wildman–Crippen LogP) is 2.76. The second kappa shape index (κ2) is 8.75. The topological polar surface area (TPSA) is 51.3 Å². The van der Waals surface area contributed by atoms with Gasteiger partial charge in [0, 0.05) is 5.56 Å². The van der Waals surface area contributed by atoms with E-state index in [1.807, 2.05) is 16.8 Å². The molecule has 164 valence electrons. The van der Waals surface area contributed by atoms with Crippen LogP contribution in [0.15, 0.2) is 48.5 Å². The van der Waals surface area contributed by atoms with Crippen molar-refractivity contribution in [2.45, 2.75) is 45.7 Å². The highest BCUT2D eigenvalue weighted by Crippen LogP contribution is 2.25. The van der Waals surface area contributed by atoms with Crippen molar-refractivity contribution in [1.82, 2.24) is 20.2 Å². The number of nitrogens with zero attached hydrogens (tertiary/aromatic N) is 5. The van der Waals surface area contributed by atoms with Gasteiger partial charge in [0.15, 0.2) is 6.04 Å². The number of hydrogen-bond donors (Lipinski definition) is 1. The third kappa shape index (κ3) is 4.32. The van der Waals surface area contributed by atoms with E-state index in [0.29, 0.717) is 5.69 Å². The number of hydrogen-bond acceptors (Lipinski definition) is 4. The van der Waals surface area contributed by atoms with E-state index in [1.54, 1.807) is 6.07 Å². The van der Waals surface area contributed by atoms with Gasteiger partial charge in [0.2, 0.25) is 5.82 Å². The lowest BCUT2D eigenvalue weighted by molar-refractivity contribution is -0.927. The summed E-state index contributed by atoms with van der Waals surface area (Å²) in [6.45, 7) is 11.9. The Morgan fingerprint density at radius 1 is 1.06 bits per heavy atom. The van der Waals surface area contributed by atoms with E-state index in [4.69, 9.17) is 0 Å². The molecule has 1 aliphatic rings. The van der Waals surface area contributed by atoms with Crippen molar-refractivity contribution in [2.75, 3.05) is 31.1 Å². The Balaban J connectivity index is 1.65. The summed E-state index contributed by atoms with van der Waals surface area (Å²) in [4.78, 5) is 3.55. The fourth-order valence-electron chi connectivity index (χ4n) is 4.31. The molecular formula is C24H32FN6+. The maximum absolute atomic E-state index is 14.3. The summed E-state index contributed by atoms with van der Waals surface area (Å²) >= 11 is 0. The molecule has 2 aromatic carbocycles. The van der Waals surface area contributed by atoms with Crippen LogP contribution < -0.4 is 9.80 Å². The van der Waals surface area contributed by atoms with E-state index in [0.717, 1.165) is 38.4 Å². The zero-order valence-corrected chi connectivity index (χ0v) is 18.8. The first kappa shape index (κ1) is 21.4. The molecule has 0 aliphatic carbocycles. The number of nitrogens with one attached hydrogen (secondary N) is 1. The van der Waals surface area contributed by atoms with E-state index in [-0.39, 0.29) is 17.4 Å². The van der Waals surface area contributed by atoms with Crippen LogP contribution in [0.4, 0.5) is 10.1 Å². The average Bonchev–Trinajstić information content (AvgIpc) is 3.27. The summed E-state index contributed by atoms with van der Waals surface area (Å²) in [6, 6.07) is 15.7. The molecule has 0 unspecified atom stereocenters. The molecule has 2 heterocycles. The largest absolute Gasteiger partial charge is 0.358 e. The highest BCUT2D eigenvalue weighted by atomic mass is 19.1. The molecule has 1 N–H and O–H groups in total. The fourth-order valence-corrected chi connectivity index (χ4v) is 4.31. The van der Waals surface area contributed by atoms with Crippen LogP contribution >= 0.6 is 0 Å². The van der Waals surface area contributed by atoms with Gasteiger partial charge in [-0.3, -0.25) is 0 Å². The van der Waals surface area contributed by atoms with E-state index in [2.05, 4.69) is 72.4 Å². The molecule has 1 atom stereocenters. The van der Waals surface area contributed by atoms with Crippen molar-refractivity contribution < 1.29 is 9.29 Å². The number of para-hydroxylation sites is 1. The van der Waals surface area contributed by atoms with Gasteiger partial charge in [-0.15, -0.1) is 5.10 Å². The number of aryl methyl sites for hydroxylation is 1.